The zero-order valence-electron chi connectivity index (χ0n) is 14.9. The van der Waals surface area contributed by atoms with Crippen molar-refractivity contribution in [3.63, 3.8) is 0 Å². The van der Waals surface area contributed by atoms with Gasteiger partial charge in [-0.25, -0.2) is 4.39 Å². The molecule has 4 nitrogen and oxygen atoms in total. The van der Waals surface area contributed by atoms with Crippen LogP contribution in [0.1, 0.15) is 18.4 Å². The minimum Gasteiger partial charge on any atom is -0.495 e. The van der Waals surface area contributed by atoms with Crippen molar-refractivity contribution in [2.75, 3.05) is 30.4 Å². The number of nitrogens with one attached hydrogen (secondary N) is 1. The Morgan fingerprint density at radius 1 is 1.22 bits per heavy atom. The Labute approximate surface area is 162 Å². The molecule has 0 atom stereocenters. The van der Waals surface area contributed by atoms with Crippen molar-refractivity contribution in [1.29, 1.82) is 0 Å². The van der Waals surface area contributed by atoms with Crippen LogP contribution in [0.2, 0.25) is 5.02 Å². The molecule has 2 aromatic carbocycles. The summed E-state index contributed by atoms with van der Waals surface area (Å²) in [4.78, 5) is 6.66. The maximum atomic E-state index is 13.5. The summed E-state index contributed by atoms with van der Waals surface area (Å²) in [6, 6.07) is 8.31. The van der Waals surface area contributed by atoms with Crippen molar-refractivity contribution in [3.05, 3.63) is 59.9 Å². The number of ether oxygens (including phenoxy) is 1. The normalized spacial score (nSPS) is 14.0. The molecule has 0 saturated carbocycles. The van der Waals surface area contributed by atoms with Crippen LogP contribution >= 0.6 is 11.6 Å². The molecule has 3 radical (unpaired) electrons. The molecule has 1 aliphatic rings. The van der Waals surface area contributed by atoms with Crippen molar-refractivity contribution in [3.8, 4) is 5.75 Å². The fourth-order valence-corrected chi connectivity index (χ4v) is 3.61. The molecule has 0 aliphatic carbocycles. The molecule has 0 spiro atoms. The first kappa shape index (κ1) is 17.9. The molecule has 0 unspecified atom stereocenters. The number of methoxy groups -OCH3 is 1. The van der Waals surface area contributed by atoms with Gasteiger partial charge in [-0.2, -0.15) is 0 Å². The van der Waals surface area contributed by atoms with Gasteiger partial charge in [-0.05, 0) is 37.1 Å². The number of hydrogen-bond donors (Lipinski definition) is 1. The van der Waals surface area contributed by atoms with Gasteiger partial charge in [0.05, 0.1) is 29.0 Å². The quantitative estimate of drug-likeness (QED) is 0.663. The summed E-state index contributed by atoms with van der Waals surface area (Å²) in [5.41, 5.74) is 3.18. The predicted octanol–water partition coefficient (Wildman–Crippen LogP) is 5.32. The lowest BCUT2D eigenvalue weighted by atomic mass is 10.1. The Balaban J connectivity index is 1.84. The Kier molecular flexibility index (Phi) is 4.79. The van der Waals surface area contributed by atoms with Crippen molar-refractivity contribution in [2.24, 2.45) is 0 Å². The van der Waals surface area contributed by atoms with E-state index in [0.29, 0.717) is 11.4 Å². The molecular formula is C21H18ClFN3O. The van der Waals surface area contributed by atoms with E-state index in [4.69, 9.17) is 23.3 Å². The van der Waals surface area contributed by atoms with Crippen molar-refractivity contribution >= 4 is 39.6 Å². The number of anilines is 3. The van der Waals surface area contributed by atoms with Crippen LogP contribution in [0.3, 0.4) is 0 Å². The van der Waals surface area contributed by atoms with E-state index in [9.17, 15) is 4.39 Å². The van der Waals surface area contributed by atoms with E-state index in [2.05, 4.69) is 15.2 Å². The van der Waals surface area contributed by atoms with Gasteiger partial charge < -0.3 is 15.0 Å². The fourth-order valence-electron chi connectivity index (χ4n) is 3.43. The summed E-state index contributed by atoms with van der Waals surface area (Å²) in [5.74, 6) is 0.291. The number of fused-ring (bicyclic) bond motifs is 1. The maximum absolute atomic E-state index is 13.5. The fraction of sp³-hybridized carbons (Fsp3) is 0.238. The largest absolute Gasteiger partial charge is 0.495 e. The van der Waals surface area contributed by atoms with Crippen LogP contribution in [0.5, 0.6) is 5.75 Å². The molecular weight excluding hydrogens is 365 g/mol. The van der Waals surface area contributed by atoms with E-state index in [1.54, 1.807) is 13.2 Å². The highest BCUT2D eigenvalue weighted by Gasteiger charge is 2.19. The van der Waals surface area contributed by atoms with Crippen LogP contribution in [0.4, 0.5) is 21.5 Å². The molecule has 1 saturated heterocycles. The van der Waals surface area contributed by atoms with Gasteiger partial charge in [0, 0.05) is 48.9 Å². The molecule has 1 aromatic heterocycles. The van der Waals surface area contributed by atoms with Crippen molar-refractivity contribution < 1.29 is 9.13 Å². The van der Waals surface area contributed by atoms with Gasteiger partial charge >= 0.3 is 0 Å². The lowest BCUT2D eigenvalue weighted by Crippen LogP contribution is -2.18. The summed E-state index contributed by atoms with van der Waals surface area (Å²) in [7, 11) is 1.65. The van der Waals surface area contributed by atoms with Gasteiger partial charge in [-0.15, -0.1) is 0 Å². The molecule has 6 heteroatoms. The van der Waals surface area contributed by atoms with E-state index >= 15 is 0 Å². The lowest BCUT2D eigenvalue weighted by Gasteiger charge is -2.22. The van der Waals surface area contributed by atoms with E-state index in [-0.39, 0.29) is 10.6 Å². The number of nitrogens with zero attached hydrogens (tertiary/aromatic N) is 2. The third-order valence-electron chi connectivity index (χ3n) is 4.80. The third kappa shape index (κ3) is 3.39. The topological polar surface area (TPSA) is 37.4 Å². The van der Waals surface area contributed by atoms with E-state index in [1.165, 1.54) is 18.3 Å². The standard InChI is InChI=1S/C21H18ClFN3O/c1-13-12-24-18-11-20(27-2)19(26-7-3-4-8-26)10-15(18)21(13)25-14-5-6-17(23)16(22)9-14/h5-6,9-12H,3-4,7-8H2,2H3,(H,24,25). The number of hydrogen-bond acceptors (Lipinski definition) is 4. The summed E-state index contributed by atoms with van der Waals surface area (Å²) in [6.45, 7) is 10.3. The first-order valence-corrected chi connectivity index (χ1v) is 9.14. The second kappa shape index (κ2) is 7.24. The van der Waals surface area contributed by atoms with Crippen molar-refractivity contribution in [1.82, 2.24) is 4.98 Å². The SMILES string of the molecule is [C]c1cnc2cc(OC)c(N3CCCC3)cc2c1Nc1ccc(F)c(Cl)c1. The van der Waals surface area contributed by atoms with Gasteiger partial charge in [0.15, 0.2) is 0 Å². The number of pyridine rings is 1. The highest BCUT2D eigenvalue weighted by atomic mass is 35.5. The van der Waals surface area contributed by atoms with E-state index in [1.807, 2.05) is 12.1 Å². The average Bonchev–Trinajstić information content (AvgIpc) is 3.20. The van der Waals surface area contributed by atoms with Gasteiger partial charge in [0.2, 0.25) is 0 Å². The molecule has 0 amide bonds. The third-order valence-corrected chi connectivity index (χ3v) is 5.09. The number of rotatable bonds is 4. The maximum Gasteiger partial charge on any atom is 0.144 e. The van der Waals surface area contributed by atoms with Crippen LogP contribution in [0.15, 0.2) is 36.5 Å². The summed E-state index contributed by atoms with van der Waals surface area (Å²) < 4.78 is 19.0. The Morgan fingerprint density at radius 2 is 2.00 bits per heavy atom. The second-order valence-corrected chi connectivity index (χ2v) is 6.94. The zero-order chi connectivity index (χ0) is 19.0. The van der Waals surface area contributed by atoms with Gasteiger partial charge in [0.25, 0.3) is 0 Å². The molecule has 3 aromatic rings. The smallest absolute Gasteiger partial charge is 0.144 e. The van der Waals surface area contributed by atoms with Gasteiger partial charge in [-0.3, -0.25) is 4.98 Å². The molecule has 1 aliphatic heterocycles. The van der Waals surface area contributed by atoms with Crippen LogP contribution in [-0.2, 0) is 0 Å². The van der Waals surface area contributed by atoms with Crippen molar-refractivity contribution in [2.45, 2.75) is 12.8 Å². The predicted molar refractivity (Wildman–Crippen MR) is 107 cm³/mol. The average molecular weight is 383 g/mol. The van der Waals surface area contributed by atoms with Crippen LogP contribution in [-0.4, -0.2) is 25.2 Å². The Hall–Kier alpha value is -2.53. The summed E-state index contributed by atoms with van der Waals surface area (Å²) >= 11 is 5.89. The number of aromatic nitrogens is 1. The summed E-state index contributed by atoms with van der Waals surface area (Å²) in [6.07, 6.45) is 3.79. The first-order valence-electron chi connectivity index (χ1n) is 8.76. The highest BCUT2D eigenvalue weighted by Crippen LogP contribution is 2.38. The first-order chi connectivity index (χ1) is 13.1. The van der Waals surface area contributed by atoms with E-state index < -0.39 is 5.82 Å². The molecule has 27 heavy (non-hydrogen) atoms. The molecule has 0 bridgehead atoms. The van der Waals surface area contributed by atoms with Gasteiger partial charge in [0.1, 0.15) is 11.6 Å². The second-order valence-electron chi connectivity index (χ2n) is 6.54. The highest BCUT2D eigenvalue weighted by molar-refractivity contribution is 6.31. The lowest BCUT2D eigenvalue weighted by molar-refractivity contribution is 0.415. The monoisotopic (exact) mass is 382 g/mol. The Bertz CT molecular complexity index is 1000. The molecule has 4 rings (SSSR count). The minimum atomic E-state index is -0.478. The molecule has 1 fully saturated rings. The van der Waals surface area contributed by atoms with E-state index in [0.717, 1.165) is 48.3 Å². The van der Waals surface area contributed by atoms with Crippen LogP contribution in [0.25, 0.3) is 10.9 Å². The van der Waals surface area contributed by atoms with Gasteiger partial charge in [-0.1, -0.05) is 11.6 Å². The molecule has 137 valence electrons. The number of benzene rings is 2. The number of halogens is 2. The molecule has 1 N–H and O–H groups in total. The van der Waals surface area contributed by atoms with Crippen LogP contribution in [0, 0.1) is 12.7 Å². The molecule has 2 heterocycles. The zero-order valence-corrected chi connectivity index (χ0v) is 15.6. The Morgan fingerprint density at radius 3 is 2.70 bits per heavy atom. The minimum absolute atomic E-state index is 0.0318. The summed E-state index contributed by atoms with van der Waals surface area (Å²) in [5, 5.41) is 4.04. The van der Waals surface area contributed by atoms with Crippen LogP contribution < -0.4 is 15.0 Å².